The summed E-state index contributed by atoms with van der Waals surface area (Å²) in [6.07, 6.45) is -0.981. The maximum atomic E-state index is 12.0. The van der Waals surface area contributed by atoms with Gasteiger partial charge in [-0.3, -0.25) is 9.89 Å². The van der Waals surface area contributed by atoms with Gasteiger partial charge in [0.2, 0.25) is 6.23 Å². The fraction of sp³-hybridized carbons (Fsp3) is 0.222. The summed E-state index contributed by atoms with van der Waals surface area (Å²) in [7, 11) is 0. The second-order valence-electron chi connectivity index (χ2n) is 6.15. The minimum atomic E-state index is -3.07. The van der Waals surface area contributed by atoms with Crippen LogP contribution in [0.5, 0.6) is 0 Å². The molecule has 11 nitrogen and oxygen atoms in total. The quantitative estimate of drug-likeness (QED) is 0.228. The molecule has 0 spiro atoms. The zero-order valence-electron chi connectivity index (χ0n) is 15.6. The summed E-state index contributed by atoms with van der Waals surface area (Å²) in [6, 6.07) is 7.59. The molecule has 2 aromatic rings. The predicted molar refractivity (Wildman–Crippen MR) is 107 cm³/mol. The Balaban J connectivity index is 2.05. The molecular formula is C18H19ClN6O5. The monoisotopic (exact) mass is 434 g/mol. The van der Waals surface area contributed by atoms with E-state index in [0.717, 1.165) is 6.21 Å². The summed E-state index contributed by atoms with van der Waals surface area (Å²) >= 11 is 5.93. The van der Waals surface area contributed by atoms with Crippen LogP contribution in [-0.4, -0.2) is 54.9 Å². The highest BCUT2D eigenvalue weighted by molar-refractivity contribution is 6.31. The van der Waals surface area contributed by atoms with Gasteiger partial charge in [-0.15, -0.1) is 0 Å². The lowest BCUT2D eigenvalue weighted by atomic mass is 10.1. The number of aromatic amines is 1. The van der Waals surface area contributed by atoms with E-state index in [1.54, 1.807) is 0 Å². The molecule has 0 saturated carbocycles. The van der Waals surface area contributed by atoms with Gasteiger partial charge in [-0.25, -0.2) is 4.99 Å². The SMILES string of the molecule is CC(O)c1cc(C(=O)NC(O)C(O)(O)/N=C/C=C(\N)c2ccc(C#N)c(Cl)c2)n[nH]1. The molecule has 158 valence electrons. The third-order valence-corrected chi connectivity index (χ3v) is 4.17. The Bertz CT molecular complexity index is 1020. The van der Waals surface area contributed by atoms with Crippen molar-refractivity contribution in [2.45, 2.75) is 25.2 Å². The Kier molecular flexibility index (Phi) is 7.28. The smallest absolute Gasteiger partial charge is 0.311 e. The number of benzene rings is 1. The van der Waals surface area contributed by atoms with Crippen molar-refractivity contribution < 1.29 is 25.2 Å². The van der Waals surface area contributed by atoms with Crippen LogP contribution in [0.1, 0.15) is 40.3 Å². The Hall–Kier alpha value is -3.27. The number of nitriles is 1. The molecule has 2 rings (SSSR count). The van der Waals surface area contributed by atoms with Crippen molar-refractivity contribution in [3.05, 3.63) is 57.9 Å². The number of aliphatic imine (C=N–C) groups is 1. The molecule has 2 unspecified atom stereocenters. The van der Waals surface area contributed by atoms with Crippen molar-refractivity contribution in [3.8, 4) is 6.07 Å². The molecular weight excluding hydrogens is 416 g/mol. The average Bonchev–Trinajstić information content (AvgIpc) is 3.18. The first kappa shape index (κ1) is 23.0. The van der Waals surface area contributed by atoms with Gasteiger partial charge in [0.15, 0.2) is 0 Å². The number of hydrogen-bond donors (Lipinski definition) is 7. The Morgan fingerprint density at radius 1 is 1.43 bits per heavy atom. The molecule has 1 amide bonds. The molecule has 0 aliphatic rings. The lowest BCUT2D eigenvalue weighted by Crippen LogP contribution is -2.51. The number of carbonyl (C=O) groups is 1. The summed E-state index contributed by atoms with van der Waals surface area (Å²) in [5.41, 5.74) is 6.78. The number of aliphatic hydroxyl groups excluding tert-OH is 2. The van der Waals surface area contributed by atoms with E-state index in [0.29, 0.717) is 5.56 Å². The van der Waals surface area contributed by atoms with Gasteiger partial charge in [0, 0.05) is 11.9 Å². The number of amides is 1. The lowest BCUT2D eigenvalue weighted by molar-refractivity contribution is -0.223. The first-order valence-electron chi connectivity index (χ1n) is 8.43. The highest BCUT2D eigenvalue weighted by Gasteiger charge is 2.34. The van der Waals surface area contributed by atoms with Crippen molar-refractivity contribution >= 4 is 29.4 Å². The number of nitrogens with one attached hydrogen (secondary N) is 2. The number of aromatic nitrogens is 2. The van der Waals surface area contributed by atoms with Crippen LogP contribution < -0.4 is 11.1 Å². The molecule has 0 bridgehead atoms. The number of rotatable bonds is 7. The molecule has 30 heavy (non-hydrogen) atoms. The van der Waals surface area contributed by atoms with Gasteiger partial charge in [0.25, 0.3) is 5.91 Å². The fourth-order valence-corrected chi connectivity index (χ4v) is 2.36. The van der Waals surface area contributed by atoms with E-state index in [1.165, 1.54) is 37.3 Å². The van der Waals surface area contributed by atoms with Crippen molar-refractivity contribution in [1.82, 2.24) is 15.5 Å². The van der Waals surface area contributed by atoms with E-state index in [1.807, 2.05) is 11.4 Å². The molecule has 8 N–H and O–H groups in total. The number of carbonyl (C=O) groups excluding carboxylic acids is 1. The van der Waals surface area contributed by atoms with Gasteiger partial charge < -0.3 is 31.5 Å². The number of aliphatic hydroxyl groups is 4. The number of nitrogens with two attached hydrogens (primary N) is 1. The van der Waals surface area contributed by atoms with Gasteiger partial charge in [-0.05, 0) is 36.8 Å². The van der Waals surface area contributed by atoms with E-state index >= 15 is 0 Å². The topological polar surface area (TPSA) is 201 Å². The van der Waals surface area contributed by atoms with E-state index < -0.39 is 24.2 Å². The molecule has 0 aliphatic carbocycles. The van der Waals surface area contributed by atoms with Gasteiger partial charge in [-0.1, -0.05) is 17.7 Å². The second kappa shape index (κ2) is 9.49. The van der Waals surface area contributed by atoms with E-state index in [9.17, 15) is 25.2 Å². The third kappa shape index (κ3) is 5.63. The van der Waals surface area contributed by atoms with Crippen LogP contribution in [-0.2, 0) is 0 Å². The molecule has 1 aromatic heterocycles. The molecule has 12 heteroatoms. The summed E-state index contributed by atoms with van der Waals surface area (Å²) in [5, 5.41) is 56.0. The zero-order chi connectivity index (χ0) is 22.5. The van der Waals surface area contributed by atoms with E-state index in [2.05, 4.69) is 15.2 Å². The second-order valence-corrected chi connectivity index (χ2v) is 6.56. The van der Waals surface area contributed by atoms with E-state index in [-0.39, 0.29) is 27.7 Å². The normalized spacial score (nSPS) is 14.4. The Morgan fingerprint density at radius 2 is 2.13 bits per heavy atom. The number of halogens is 1. The molecule has 1 aromatic carbocycles. The zero-order valence-corrected chi connectivity index (χ0v) is 16.4. The lowest BCUT2D eigenvalue weighted by Gasteiger charge is -2.23. The van der Waals surface area contributed by atoms with Gasteiger partial charge in [0.1, 0.15) is 11.8 Å². The molecule has 0 fully saturated rings. The van der Waals surface area contributed by atoms with Gasteiger partial charge >= 0.3 is 5.91 Å². The van der Waals surface area contributed by atoms with Gasteiger partial charge in [-0.2, -0.15) is 10.4 Å². The number of H-pyrrole nitrogens is 1. The number of allylic oxidation sites excluding steroid dienone is 1. The average molecular weight is 435 g/mol. The van der Waals surface area contributed by atoms with Crippen molar-refractivity contribution in [1.29, 1.82) is 5.26 Å². The third-order valence-electron chi connectivity index (χ3n) is 3.86. The molecule has 0 radical (unpaired) electrons. The first-order valence-corrected chi connectivity index (χ1v) is 8.81. The number of nitrogens with zero attached hydrogens (tertiary/aromatic N) is 3. The largest absolute Gasteiger partial charge is 0.398 e. The van der Waals surface area contributed by atoms with Crippen molar-refractivity contribution in [2.24, 2.45) is 10.7 Å². The first-order chi connectivity index (χ1) is 14.0. The maximum absolute atomic E-state index is 12.0. The van der Waals surface area contributed by atoms with Crippen LogP contribution in [0.3, 0.4) is 0 Å². The fourth-order valence-electron chi connectivity index (χ4n) is 2.14. The molecule has 2 atom stereocenters. The summed E-state index contributed by atoms with van der Waals surface area (Å²) in [4.78, 5) is 15.4. The summed E-state index contributed by atoms with van der Waals surface area (Å²) in [6.45, 7) is 1.45. The summed E-state index contributed by atoms with van der Waals surface area (Å²) in [5.74, 6) is -4.01. The summed E-state index contributed by atoms with van der Waals surface area (Å²) < 4.78 is 0. The van der Waals surface area contributed by atoms with Crippen molar-refractivity contribution in [3.63, 3.8) is 0 Å². The van der Waals surface area contributed by atoms with Crippen LogP contribution in [0.2, 0.25) is 5.02 Å². The standard InChI is InChI=1S/C18H19ClN6O5/c1-9(26)14-7-15(25-24-14)16(27)23-17(28)18(29,30)22-5-4-13(21)10-2-3-11(8-20)12(19)6-10/h2-7,9,17,26,28-30H,21H2,1H3,(H,23,27)(H,24,25)/b13-4-,22-5+. The highest BCUT2D eigenvalue weighted by atomic mass is 35.5. The Morgan fingerprint density at radius 3 is 2.70 bits per heavy atom. The van der Waals surface area contributed by atoms with Gasteiger partial charge in [0.05, 0.1) is 22.4 Å². The predicted octanol–water partition coefficient (Wildman–Crippen LogP) is -0.255. The van der Waals surface area contributed by atoms with Crippen LogP contribution in [0.4, 0.5) is 0 Å². The molecule has 0 saturated heterocycles. The Labute approximate surface area is 175 Å². The van der Waals surface area contributed by atoms with E-state index in [4.69, 9.17) is 22.6 Å². The van der Waals surface area contributed by atoms with Crippen LogP contribution in [0.15, 0.2) is 35.3 Å². The molecule has 1 heterocycles. The van der Waals surface area contributed by atoms with Crippen LogP contribution in [0.25, 0.3) is 5.70 Å². The maximum Gasteiger partial charge on any atom is 0.311 e. The minimum absolute atomic E-state index is 0.140. The van der Waals surface area contributed by atoms with Crippen molar-refractivity contribution in [2.75, 3.05) is 0 Å². The number of hydrogen-bond acceptors (Lipinski definition) is 9. The highest BCUT2D eigenvalue weighted by Crippen LogP contribution is 2.20. The van der Waals surface area contributed by atoms with Crippen LogP contribution in [0, 0.1) is 11.3 Å². The minimum Gasteiger partial charge on any atom is -0.398 e. The molecule has 0 aliphatic heterocycles. The van der Waals surface area contributed by atoms with Crippen LogP contribution >= 0.6 is 11.6 Å².